The van der Waals surface area contributed by atoms with Crippen LogP contribution in [0.1, 0.15) is 19.4 Å². The number of nitrogens with zero attached hydrogens (tertiary/aromatic N) is 1. The van der Waals surface area contributed by atoms with E-state index in [0.29, 0.717) is 0 Å². The number of hydrogen-bond acceptors (Lipinski definition) is 3. The van der Waals surface area contributed by atoms with Crippen LogP contribution in [0, 0.1) is 0 Å². The summed E-state index contributed by atoms with van der Waals surface area (Å²) in [5.41, 5.74) is 1.29. The van der Waals surface area contributed by atoms with Crippen molar-refractivity contribution < 1.29 is 5.11 Å². The average molecular weight is 278 g/mol. The summed E-state index contributed by atoms with van der Waals surface area (Å²) in [6, 6.07) is 2.31. The van der Waals surface area contributed by atoms with Gasteiger partial charge in [0.15, 0.2) is 0 Å². The Balaban J connectivity index is 2.52. The number of aliphatic hydroxyl groups excluding tert-OH is 1. The van der Waals surface area contributed by atoms with Gasteiger partial charge >= 0.3 is 0 Å². The second-order valence-electron chi connectivity index (χ2n) is 3.66. The molecule has 80 valence electrons. The van der Waals surface area contributed by atoms with Crippen molar-refractivity contribution in [2.45, 2.75) is 32.5 Å². The highest BCUT2D eigenvalue weighted by Crippen LogP contribution is 2.22. The van der Waals surface area contributed by atoms with E-state index in [2.05, 4.69) is 32.3 Å². The molecule has 1 aromatic rings. The summed E-state index contributed by atoms with van der Waals surface area (Å²) in [7, 11) is 2.03. The van der Waals surface area contributed by atoms with E-state index in [1.54, 1.807) is 11.3 Å². The minimum absolute atomic E-state index is 0.189. The smallest absolute Gasteiger partial charge is 0.0701 e. The summed E-state index contributed by atoms with van der Waals surface area (Å²) < 4.78 is 1.16. The second-order valence-corrected chi connectivity index (χ2v) is 5.95. The fraction of sp³-hybridized carbons (Fsp3) is 0.600. The Labute approximate surface area is 97.7 Å². The summed E-state index contributed by atoms with van der Waals surface area (Å²) in [5, 5.41) is 11.6. The van der Waals surface area contributed by atoms with E-state index in [-0.39, 0.29) is 12.1 Å². The Hall–Kier alpha value is 0.100. The first-order valence-electron chi connectivity index (χ1n) is 4.62. The van der Waals surface area contributed by atoms with Gasteiger partial charge in [0, 0.05) is 12.6 Å². The van der Waals surface area contributed by atoms with Crippen LogP contribution >= 0.6 is 27.3 Å². The third-order valence-corrected chi connectivity index (χ3v) is 4.00. The molecule has 0 aromatic carbocycles. The molecule has 0 saturated heterocycles. The zero-order chi connectivity index (χ0) is 10.7. The predicted octanol–water partition coefficient (Wildman–Crippen LogP) is 2.71. The van der Waals surface area contributed by atoms with Crippen LogP contribution in [0.4, 0.5) is 0 Å². The second kappa shape index (κ2) is 5.26. The number of aliphatic hydroxyl groups is 1. The van der Waals surface area contributed by atoms with Crippen molar-refractivity contribution in [2.75, 3.05) is 7.05 Å². The summed E-state index contributed by atoms with van der Waals surface area (Å²) in [5.74, 6) is 0. The lowest BCUT2D eigenvalue weighted by Crippen LogP contribution is -2.36. The lowest BCUT2D eigenvalue weighted by atomic mass is 10.2. The maximum Gasteiger partial charge on any atom is 0.0701 e. The molecule has 2 nitrogen and oxygen atoms in total. The van der Waals surface area contributed by atoms with E-state index in [1.165, 1.54) is 5.56 Å². The van der Waals surface area contributed by atoms with E-state index >= 15 is 0 Å². The van der Waals surface area contributed by atoms with E-state index in [9.17, 15) is 5.11 Å². The first kappa shape index (κ1) is 12.2. The van der Waals surface area contributed by atoms with Crippen LogP contribution < -0.4 is 0 Å². The van der Waals surface area contributed by atoms with Crippen LogP contribution in [0.5, 0.6) is 0 Å². The van der Waals surface area contributed by atoms with E-state index in [0.717, 1.165) is 10.3 Å². The molecule has 1 rings (SSSR count). The highest BCUT2D eigenvalue weighted by atomic mass is 79.9. The first-order valence-corrected chi connectivity index (χ1v) is 6.29. The highest BCUT2D eigenvalue weighted by Gasteiger charge is 2.14. The third-order valence-electron chi connectivity index (χ3n) is 2.45. The molecule has 0 saturated carbocycles. The molecular weight excluding hydrogens is 262 g/mol. The van der Waals surface area contributed by atoms with Gasteiger partial charge in [0.2, 0.25) is 0 Å². The minimum Gasteiger partial charge on any atom is -0.392 e. The summed E-state index contributed by atoms with van der Waals surface area (Å²) in [4.78, 5) is 2.15. The van der Waals surface area contributed by atoms with Gasteiger partial charge in [0.1, 0.15) is 0 Å². The molecule has 2 unspecified atom stereocenters. The van der Waals surface area contributed by atoms with Crippen LogP contribution in [-0.2, 0) is 6.54 Å². The molecule has 1 N–H and O–H groups in total. The van der Waals surface area contributed by atoms with Crippen molar-refractivity contribution in [3.05, 3.63) is 20.8 Å². The van der Waals surface area contributed by atoms with Gasteiger partial charge in [0.25, 0.3) is 0 Å². The third kappa shape index (κ3) is 3.35. The normalized spacial score (nSPS) is 15.9. The lowest BCUT2D eigenvalue weighted by molar-refractivity contribution is 0.0828. The largest absolute Gasteiger partial charge is 0.392 e. The van der Waals surface area contributed by atoms with Crippen LogP contribution in [-0.4, -0.2) is 29.2 Å². The highest BCUT2D eigenvalue weighted by molar-refractivity contribution is 9.11. The molecule has 4 heteroatoms. The molecule has 1 aromatic heterocycles. The van der Waals surface area contributed by atoms with Gasteiger partial charge in [-0.1, -0.05) is 0 Å². The van der Waals surface area contributed by atoms with Gasteiger partial charge in [0.05, 0.1) is 9.89 Å². The fourth-order valence-corrected chi connectivity index (χ4v) is 2.43. The Morgan fingerprint density at radius 2 is 2.21 bits per heavy atom. The molecule has 2 atom stereocenters. The first-order chi connectivity index (χ1) is 6.50. The van der Waals surface area contributed by atoms with Gasteiger partial charge in [-0.2, -0.15) is 0 Å². The quantitative estimate of drug-likeness (QED) is 0.915. The topological polar surface area (TPSA) is 23.5 Å². The maximum absolute atomic E-state index is 9.43. The number of halogens is 1. The van der Waals surface area contributed by atoms with Gasteiger partial charge < -0.3 is 5.11 Å². The standard InChI is InChI=1S/C10H16BrNOS/c1-7(8(2)13)12(3)5-9-4-10(11)14-6-9/h4,6-8,13H,5H2,1-3H3. The van der Waals surface area contributed by atoms with Crippen molar-refractivity contribution in [1.82, 2.24) is 4.90 Å². The average Bonchev–Trinajstić information content (AvgIpc) is 2.49. The van der Waals surface area contributed by atoms with Gasteiger partial charge in [-0.05, 0) is 53.8 Å². The summed E-state index contributed by atoms with van der Waals surface area (Å²) >= 11 is 5.13. The van der Waals surface area contributed by atoms with Crippen molar-refractivity contribution in [3.63, 3.8) is 0 Å². The fourth-order valence-electron chi connectivity index (χ4n) is 1.23. The van der Waals surface area contributed by atoms with Gasteiger partial charge in [-0.25, -0.2) is 0 Å². The number of hydrogen-bond donors (Lipinski definition) is 1. The molecule has 0 aliphatic rings. The molecule has 0 aliphatic heterocycles. The van der Waals surface area contributed by atoms with E-state index in [1.807, 2.05) is 20.9 Å². The zero-order valence-electron chi connectivity index (χ0n) is 8.70. The molecular formula is C10H16BrNOS. The molecule has 0 bridgehead atoms. The lowest BCUT2D eigenvalue weighted by Gasteiger charge is -2.26. The van der Waals surface area contributed by atoms with Gasteiger partial charge in [-0.3, -0.25) is 4.90 Å². The van der Waals surface area contributed by atoms with Crippen LogP contribution in [0.25, 0.3) is 0 Å². The van der Waals surface area contributed by atoms with Crippen LogP contribution in [0.3, 0.4) is 0 Å². The number of likely N-dealkylation sites (N-methyl/N-ethyl adjacent to an activating group) is 1. The zero-order valence-corrected chi connectivity index (χ0v) is 11.1. The summed E-state index contributed by atoms with van der Waals surface area (Å²) in [6.45, 7) is 4.74. The van der Waals surface area contributed by atoms with Crippen molar-refractivity contribution in [3.8, 4) is 0 Å². The van der Waals surface area contributed by atoms with Gasteiger partial charge in [-0.15, -0.1) is 11.3 Å². The molecule has 14 heavy (non-hydrogen) atoms. The van der Waals surface area contributed by atoms with Crippen molar-refractivity contribution >= 4 is 27.3 Å². The monoisotopic (exact) mass is 277 g/mol. The van der Waals surface area contributed by atoms with Crippen molar-refractivity contribution in [1.29, 1.82) is 0 Å². The molecule has 0 aliphatic carbocycles. The SMILES string of the molecule is CC(O)C(C)N(C)Cc1csc(Br)c1. The molecule has 0 amide bonds. The Kier molecular flexibility index (Phi) is 4.57. The molecule has 0 spiro atoms. The number of rotatable bonds is 4. The Morgan fingerprint density at radius 1 is 1.57 bits per heavy atom. The molecule has 1 heterocycles. The van der Waals surface area contributed by atoms with Crippen LogP contribution in [0.15, 0.2) is 15.2 Å². The van der Waals surface area contributed by atoms with E-state index in [4.69, 9.17) is 0 Å². The Bertz CT molecular complexity index is 287. The number of thiophene rings is 1. The van der Waals surface area contributed by atoms with Crippen LogP contribution in [0.2, 0.25) is 0 Å². The Morgan fingerprint density at radius 3 is 2.64 bits per heavy atom. The van der Waals surface area contributed by atoms with E-state index < -0.39 is 0 Å². The molecule has 0 radical (unpaired) electrons. The maximum atomic E-state index is 9.43. The molecule has 0 fully saturated rings. The predicted molar refractivity (Wildman–Crippen MR) is 64.6 cm³/mol. The van der Waals surface area contributed by atoms with Crippen molar-refractivity contribution in [2.24, 2.45) is 0 Å². The summed E-state index contributed by atoms with van der Waals surface area (Å²) in [6.07, 6.45) is -0.290. The minimum atomic E-state index is -0.290.